The first-order valence-electron chi connectivity index (χ1n) is 12.4. The van der Waals surface area contributed by atoms with Crippen LogP contribution in [0, 0.1) is 0 Å². The van der Waals surface area contributed by atoms with Crippen molar-refractivity contribution in [3.8, 4) is 22.4 Å². The van der Waals surface area contributed by atoms with Gasteiger partial charge in [0.15, 0.2) is 0 Å². The van der Waals surface area contributed by atoms with Gasteiger partial charge in [0, 0.05) is 41.5 Å². The van der Waals surface area contributed by atoms with Crippen LogP contribution in [0.3, 0.4) is 0 Å². The maximum absolute atomic E-state index is 13.0. The summed E-state index contributed by atoms with van der Waals surface area (Å²) in [5, 5.41) is 5.30. The van der Waals surface area contributed by atoms with Crippen molar-refractivity contribution in [3.63, 3.8) is 0 Å². The third kappa shape index (κ3) is 6.19. The number of nitrogens with zero attached hydrogens (tertiary/aromatic N) is 5. The van der Waals surface area contributed by atoms with E-state index in [0.717, 1.165) is 56.9 Å². The molecule has 10 nitrogen and oxygen atoms in total. The van der Waals surface area contributed by atoms with Gasteiger partial charge in [0.05, 0.1) is 23.8 Å². The van der Waals surface area contributed by atoms with E-state index in [0.29, 0.717) is 5.06 Å². The van der Waals surface area contributed by atoms with E-state index in [1.807, 2.05) is 86.1 Å². The SMILES string of the molecule is CC(C)(C)c1csc(N(OS(C)(=O)=O)C(=O)NCc2ccc(-c3cnc4cc(-c5ccncc5)ccn34)cc2)n1. The number of fused-ring (bicyclic) bond motifs is 1. The van der Waals surface area contributed by atoms with Gasteiger partial charge in [-0.15, -0.1) is 20.7 Å². The summed E-state index contributed by atoms with van der Waals surface area (Å²) in [6, 6.07) is 14.9. The average Bonchev–Trinajstić information content (AvgIpc) is 3.58. The van der Waals surface area contributed by atoms with Crippen LogP contribution in [0.4, 0.5) is 9.93 Å². The molecule has 5 aromatic rings. The average molecular weight is 577 g/mol. The Morgan fingerprint density at radius 2 is 1.77 bits per heavy atom. The molecule has 1 aromatic carbocycles. The van der Waals surface area contributed by atoms with Crippen LogP contribution in [0.2, 0.25) is 0 Å². The van der Waals surface area contributed by atoms with Crippen molar-refractivity contribution in [2.24, 2.45) is 0 Å². The number of aromatic nitrogens is 4. The topological polar surface area (TPSA) is 119 Å². The van der Waals surface area contributed by atoms with E-state index in [-0.39, 0.29) is 17.1 Å². The minimum atomic E-state index is -3.97. The molecule has 0 saturated carbocycles. The number of pyridine rings is 2. The zero-order valence-electron chi connectivity index (χ0n) is 22.4. The highest BCUT2D eigenvalue weighted by atomic mass is 32.2. The monoisotopic (exact) mass is 576 g/mol. The zero-order valence-corrected chi connectivity index (χ0v) is 24.0. The molecule has 0 spiro atoms. The lowest BCUT2D eigenvalue weighted by Crippen LogP contribution is -2.41. The van der Waals surface area contributed by atoms with Crippen molar-refractivity contribution >= 4 is 38.3 Å². The lowest BCUT2D eigenvalue weighted by Gasteiger charge is -2.19. The van der Waals surface area contributed by atoms with Gasteiger partial charge in [-0.1, -0.05) is 45.0 Å². The summed E-state index contributed by atoms with van der Waals surface area (Å²) < 4.78 is 30.7. The quantitative estimate of drug-likeness (QED) is 0.257. The van der Waals surface area contributed by atoms with Crippen LogP contribution in [-0.2, 0) is 26.4 Å². The molecule has 1 N–H and O–H groups in total. The van der Waals surface area contributed by atoms with Gasteiger partial charge in [-0.2, -0.15) is 8.42 Å². The van der Waals surface area contributed by atoms with Crippen molar-refractivity contribution in [1.82, 2.24) is 24.7 Å². The van der Waals surface area contributed by atoms with Crippen molar-refractivity contribution in [2.45, 2.75) is 32.7 Å². The molecule has 12 heteroatoms. The van der Waals surface area contributed by atoms with Gasteiger partial charge in [-0.25, -0.2) is 14.8 Å². The van der Waals surface area contributed by atoms with Crippen LogP contribution >= 0.6 is 11.3 Å². The maximum Gasteiger partial charge on any atom is 0.349 e. The number of carbonyl (C=O) groups is 1. The molecule has 0 aliphatic carbocycles. The zero-order chi connectivity index (χ0) is 28.5. The van der Waals surface area contributed by atoms with Crippen LogP contribution in [0.1, 0.15) is 32.0 Å². The summed E-state index contributed by atoms with van der Waals surface area (Å²) in [6.07, 6.45) is 8.21. The van der Waals surface area contributed by atoms with Crippen LogP contribution in [0.25, 0.3) is 28.0 Å². The summed E-state index contributed by atoms with van der Waals surface area (Å²) in [7, 11) is -3.97. The fourth-order valence-corrected chi connectivity index (χ4v) is 5.40. The number of hydrogen-bond acceptors (Lipinski definition) is 8. The van der Waals surface area contributed by atoms with Crippen LogP contribution < -0.4 is 10.4 Å². The first-order valence-corrected chi connectivity index (χ1v) is 15.1. The molecule has 0 aliphatic heterocycles. The molecular weight excluding hydrogens is 548 g/mol. The van der Waals surface area contributed by atoms with Gasteiger partial charge >= 0.3 is 6.03 Å². The number of anilines is 1. The Labute approximate surface area is 236 Å². The summed E-state index contributed by atoms with van der Waals surface area (Å²) in [5.74, 6) is 0. The summed E-state index contributed by atoms with van der Waals surface area (Å²) in [6.45, 7) is 6.08. The number of amides is 2. The summed E-state index contributed by atoms with van der Waals surface area (Å²) >= 11 is 1.13. The molecule has 0 radical (unpaired) electrons. The Balaban J connectivity index is 1.30. The van der Waals surface area contributed by atoms with Gasteiger partial charge in [0.1, 0.15) is 5.65 Å². The minimum absolute atomic E-state index is 0.128. The highest BCUT2D eigenvalue weighted by Crippen LogP contribution is 2.29. The standard InChI is InChI=1S/C28H28N6O4S2/c1-28(2,3)24-18-39-27(32-24)34(38-40(4,36)37)26(35)31-16-19-5-7-21(8-6-19)23-17-30-25-15-22(11-14-33(23)25)20-9-12-29-13-10-20/h5-15,17-18H,16H2,1-4H3,(H,31,35). The number of urea groups is 1. The van der Waals surface area contributed by atoms with Gasteiger partial charge in [0.2, 0.25) is 5.13 Å². The largest absolute Gasteiger partial charge is 0.349 e. The van der Waals surface area contributed by atoms with Gasteiger partial charge < -0.3 is 5.32 Å². The second-order valence-electron chi connectivity index (χ2n) is 10.2. The van der Waals surface area contributed by atoms with E-state index in [2.05, 4.69) is 20.3 Å². The van der Waals surface area contributed by atoms with Crippen LogP contribution in [-0.4, -0.2) is 40.1 Å². The molecule has 2 amide bonds. The lowest BCUT2D eigenvalue weighted by atomic mass is 9.93. The normalized spacial score (nSPS) is 12.0. The first kappa shape index (κ1) is 27.4. The third-order valence-corrected chi connectivity index (χ3v) is 7.28. The molecule has 0 aliphatic rings. The second kappa shape index (κ2) is 10.8. The Kier molecular flexibility index (Phi) is 7.41. The number of nitrogens with one attached hydrogen (secondary N) is 1. The molecule has 0 atom stereocenters. The Morgan fingerprint density at radius 3 is 2.42 bits per heavy atom. The number of hydrogen-bond donors (Lipinski definition) is 1. The van der Waals surface area contributed by atoms with E-state index >= 15 is 0 Å². The van der Waals surface area contributed by atoms with Crippen molar-refractivity contribution in [2.75, 3.05) is 11.3 Å². The van der Waals surface area contributed by atoms with Gasteiger partial charge in [-0.05, 0) is 41.0 Å². The molecule has 0 bridgehead atoms. The summed E-state index contributed by atoms with van der Waals surface area (Å²) in [5.41, 5.74) is 6.10. The Hall–Kier alpha value is -4.13. The van der Waals surface area contributed by atoms with Crippen molar-refractivity contribution in [3.05, 3.63) is 90.0 Å². The van der Waals surface area contributed by atoms with Crippen molar-refractivity contribution in [1.29, 1.82) is 0 Å². The van der Waals surface area contributed by atoms with Crippen LogP contribution in [0.5, 0.6) is 0 Å². The molecule has 0 fully saturated rings. The van der Waals surface area contributed by atoms with Crippen molar-refractivity contribution < 1.29 is 17.5 Å². The van der Waals surface area contributed by atoms with E-state index in [9.17, 15) is 13.2 Å². The number of imidazole rings is 1. The Morgan fingerprint density at radius 1 is 1.05 bits per heavy atom. The minimum Gasteiger partial charge on any atom is -0.332 e. The van der Waals surface area contributed by atoms with Gasteiger partial charge in [0.25, 0.3) is 10.1 Å². The molecule has 40 heavy (non-hydrogen) atoms. The highest BCUT2D eigenvalue weighted by molar-refractivity contribution is 7.86. The number of hydroxylamine groups is 1. The number of rotatable bonds is 7. The van der Waals surface area contributed by atoms with E-state index in [1.54, 1.807) is 17.8 Å². The predicted molar refractivity (Wildman–Crippen MR) is 155 cm³/mol. The maximum atomic E-state index is 13.0. The predicted octanol–water partition coefficient (Wildman–Crippen LogP) is 5.42. The first-order chi connectivity index (χ1) is 19.0. The molecule has 4 heterocycles. The number of carbonyl (C=O) groups excluding carboxylic acids is 1. The van der Waals surface area contributed by atoms with Crippen LogP contribution in [0.15, 0.2) is 78.7 Å². The molecule has 0 unspecified atom stereocenters. The summed E-state index contributed by atoms with van der Waals surface area (Å²) in [4.78, 5) is 26.0. The van der Waals surface area contributed by atoms with E-state index in [4.69, 9.17) is 4.28 Å². The van der Waals surface area contributed by atoms with E-state index in [1.165, 1.54) is 0 Å². The third-order valence-electron chi connectivity index (χ3n) is 6.05. The fourth-order valence-electron chi connectivity index (χ4n) is 3.95. The smallest absolute Gasteiger partial charge is 0.332 e. The molecule has 206 valence electrons. The highest BCUT2D eigenvalue weighted by Gasteiger charge is 2.27. The second-order valence-corrected chi connectivity index (χ2v) is 12.6. The molecule has 5 rings (SSSR count). The molecule has 0 saturated heterocycles. The number of thiazole rings is 1. The molecular formula is C28H28N6O4S2. The van der Waals surface area contributed by atoms with Gasteiger partial charge in [-0.3, -0.25) is 9.38 Å². The Bertz CT molecular complexity index is 1760. The lowest BCUT2D eigenvalue weighted by molar-refractivity contribution is 0.215. The van der Waals surface area contributed by atoms with E-state index < -0.39 is 16.1 Å². The number of benzene rings is 1. The molecule has 4 aromatic heterocycles. The fraction of sp³-hybridized carbons (Fsp3) is 0.214.